The number of nitrogens with one attached hydrogen (secondary N) is 1. The molecule has 1 amide bonds. The molecule has 0 spiro atoms. The fourth-order valence-electron chi connectivity index (χ4n) is 3.18. The summed E-state index contributed by atoms with van der Waals surface area (Å²) in [5.74, 6) is -0.317. The van der Waals surface area contributed by atoms with Crippen LogP contribution in [0.4, 0.5) is 11.4 Å². The number of para-hydroxylation sites is 2. The highest BCUT2D eigenvalue weighted by Gasteiger charge is 2.24. The molecule has 0 aliphatic heterocycles. The molecule has 162 valence electrons. The highest BCUT2D eigenvalue weighted by molar-refractivity contribution is 7.92. The minimum atomic E-state index is -3.79. The number of likely N-dealkylation sites (N-methyl/N-ethyl adjacent to an activating group) is 1. The zero-order chi connectivity index (χ0) is 22.4. The van der Waals surface area contributed by atoms with E-state index in [1.165, 1.54) is 7.05 Å². The van der Waals surface area contributed by atoms with Gasteiger partial charge in [-0.1, -0.05) is 48.0 Å². The van der Waals surface area contributed by atoms with Crippen LogP contribution in [0.3, 0.4) is 0 Å². The van der Waals surface area contributed by atoms with Crippen LogP contribution in [0.5, 0.6) is 0 Å². The molecule has 0 heterocycles. The maximum Gasteiger partial charge on any atom is 0.264 e. The van der Waals surface area contributed by atoms with E-state index in [-0.39, 0.29) is 10.8 Å². The maximum atomic E-state index is 13.1. The van der Waals surface area contributed by atoms with Gasteiger partial charge in [-0.2, -0.15) is 0 Å². The van der Waals surface area contributed by atoms with Gasteiger partial charge < -0.3 is 10.2 Å². The van der Waals surface area contributed by atoms with Gasteiger partial charge in [-0.05, 0) is 43.3 Å². The van der Waals surface area contributed by atoms with E-state index in [1.54, 1.807) is 48.5 Å². The highest BCUT2D eigenvalue weighted by Crippen LogP contribution is 2.26. The zero-order valence-electron chi connectivity index (χ0n) is 17.9. The molecule has 0 radical (unpaired) electrons. The molecule has 6 nitrogen and oxygen atoms in total. The SMILES string of the molecule is Cc1ccc(S(=O)(=O)N(C)c2ccccc2C(=O)NCCN(C)c2ccccc2)cc1. The first-order valence-corrected chi connectivity index (χ1v) is 11.4. The van der Waals surface area contributed by atoms with Gasteiger partial charge in [0.25, 0.3) is 15.9 Å². The highest BCUT2D eigenvalue weighted by atomic mass is 32.2. The lowest BCUT2D eigenvalue weighted by molar-refractivity contribution is 0.0955. The van der Waals surface area contributed by atoms with Gasteiger partial charge in [0.1, 0.15) is 0 Å². The molecule has 3 aromatic rings. The molecule has 0 aliphatic rings. The topological polar surface area (TPSA) is 69.7 Å². The Balaban J connectivity index is 1.73. The van der Waals surface area contributed by atoms with E-state index in [0.29, 0.717) is 24.3 Å². The third kappa shape index (κ3) is 5.24. The van der Waals surface area contributed by atoms with Crippen molar-refractivity contribution in [3.8, 4) is 0 Å². The molecular formula is C24H27N3O3S. The first-order chi connectivity index (χ1) is 14.8. The number of carbonyl (C=O) groups is 1. The Kier molecular flexibility index (Phi) is 6.97. The molecule has 0 saturated carbocycles. The van der Waals surface area contributed by atoms with Gasteiger partial charge in [0.15, 0.2) is 0 Å². The van der Waals surface area contributed by atoms with Crippen LogP contribution in [-0.4, -0.2) is 41.5 Å². The second-order valence-electron chi connectivity index (χ2n) is 7.32. The molecule has 0 unspecified atom stereocenters. The van der Waals surface area contributed by atoms with E-state index in [1.807, 2.05) is 49.2 Å². The molecule has 0 saturated heterocycles. The Morgan fingerprint density at radius 2 is 1.48 bits per heavy atom. The second-order valence-corrected chi connectivity index (χ2v) is 9.29. The van der Waals surface area contributed by atoms with Gasteiger partial charge in [-0.15, -0.1) is 0 Å². The summed E-state index contributed by atoms with van der Waals surface area (Å²) < 4.78 is 27.3. The van der Waals surface area contributed by atoms with Crippen LogP contribution in [0.2, 0.25) is 0 Å². The molecule has 0 aliphatic carbocycles. The van der Waals surface area contributed by atoms with E-state index in [0.717, 1.165) is 15.6 Å². The quantitative estimate of drug-likeness (QED) is 0.584. The molecule has 3 rings (SSSR count). The summed E-state index contributed by atoms with van der Waals surface area (Å²) >= 11 is 0. The Labute approximate surface area is 184 Å². The number of nitrogens with zero attached hydrogens (tertiary/aromatic N) is 2. The molecule has 3 aromatic carbocycles. The Bertz CT molecular complexity index is 1130. The van der Waals surface area contributed by atoms with Crippen LogP contribution in [0.1, 0.15) is 15.9 Å². The van der Waals surface area contributed by atoms with Crippen molar-refractivity contribution in [3.05, 3.63) is 90.0 Å². The van der Waals surface area contributed by atoms with Gasteiger partial charge in [0, 0.05) is 32.9 Å². The average molecular weight is 438 g/mol. The van der Waals surface area contributed by atoms with E-state index in [2.05, 4.69) is 5.32 Å². The van der Waals surface area contributed by atoms with Gasteiger partial charge in [-0.25, -0.2) is 8.42 Å². The van der Waals surface area contributed by atoms with Crippen molar-refractivity contribution in [2.24, 2.45) is 0 Å². The Morgan fingerprint density at radius 3 is 2.16 bits per heavy atom. The number of hydrogen-bond donors (Lipinski definition) is 1. The van der Waals surface area contributed by atoms with Crippen LogP contribution in [0.15, 0.2) is 83.8 Å². The third-order valence-electron chi connectivity index (χ3n) is 5.10. The van der Waals surface area contributed by atoms with Gasteiger partial charge >= 0.3 is 0 Å². The molecule has 0 atom stereocenters. The Hall–Kier alpha value is -3.32. The van der Waals surface area contributed by atoms with Crippen molar-refractivity contribution in [3.63, 3.8) is 0 Å². The zero-order valence-corrected chi connectivity index (χ0v) is 18.8. The summed E-state index contributed by atoms with van der Waals surface area (Å²) in [6.07, 6.45) is 0. The number of amides is 1. The van der Waals surface area contributed by atoms with E-state index in [4.69, 9.17) is 0 Å². The largest absolute Gasteiger partial charge is 0.373 e. The fraction of sp³-hybridized carbons (Fsp3) is 0.208. The summed E-state index contributed by atoms with van der Waals surface area (Å²) in [6, 6.07) is 23.2. The first-order valence-electron chi connectivity index (χ1n) is 9.99. The minimum Gasteiger partial charge on any atom is -0.373 e. The second kappa shape index (κ2) is 9.66. The predicted octanol–water partition coefficient (Wildman–Crippen LogP) is 3.69. The molecule has 1 N–H and O–H groups in total. The molecule has 0 fully saturated rings. The van der Waals surface area contributed by atoms with Gasteiger partial charge in [0.2, 0.25) is 0 Å². The molecular weight excluding hydrogens is 410 g/mol. The number of aryl methyl sites for hydroxylation is 1. The monoisotopic (exact) mass is 437 g/mol. The van der Waals surface area contributed by atoms with Crippen LogP contribution in [0.25, 0.3) is 0 Å². The molecule has 0 bridgehead atoms. The van der Waals surface area contributed by atoms with Crippen molar-refractivity contribution in [2.45, 2.75) is 11.8 Å². The number of carbonyl (C=O) groups excluding carboxylic acids is 1. The standard InChI is InChI=1S/C24H27N3O3S/c1-19-13-15-21(16-14-19)31(29,30)27(3)23-12-8-7-11-22(23)24(28)25-17-18-26(2)20-9-5-4-6-10-20/h4-16H,17-18H2,1-3H3,(H,25,28). The van der Waals surface area contributed by atoms with Crippen molar-refractivity contribution in [1.29, 1.82) is 0 Å². The van der Waals surface area contributed by atoms with Crippen molar-refractivity contribution >= 4 is 27.3 Å². The van der Waals surface area contributed by atoms with Crippen LogP contribution < -0.4 is 14.5 Å². The molecule has 7 heteroatoms. The summed E-state index contributed by atoms with van der Waals surface area (Å²) in [5, 5.41) is 2.89. The van der Waals surface area contributed by atoms with Crippen molar-refractivity contribution < 1.29 is 13.2 Å². The number of benzene rings is 3. The molecule has 31 heavy (non-hydrogen) atoms. The summed E-state index contributed by atoms with van der Waals surface area (Å²) in [6.45, 7) is 2.94. The normalized spacial score (nSPS) is 11.1. The van der Waals surface area contributed by atoms with Crippen LogP contribution in [0, 0.1) is 6.92 Å². The number of sulfonamides is 1. The van der Waals surface area contributed by atoms with E-state index < -0.39 is 10.0 Å². The van der Waals surface area contributed by atoms with Crippen LogP contribution >= 0.6 is 0 Å². The number of rotatable bonds is 8. The lowest BCUT2D eigenvalue weighted by atomic mass is 10.1. The summed E-state index contributed by atoms with van der Waals surface area (Å²) in [7, 11) is -0.371. The van der Waals surface area contributed by atoms with E-state index in [9.17, 15) is 13.2 Å². The lowest BCUT2D eigenvalue weighted by Gasteiger charge is -2.23. The van der Waals surface area contributed by atoms with Gasteiger partial charge in [-0.3, -0.25) is 9.10 Å². The summed E-state index contributed by atoms with van der Waals surface area (Å²) in [5.41, 5.74) is 2.67. The minimum absolute atomic E-state index is 0.181. The molecule has 0 aromatic heterocycles. The summed E-state index contributed by atoms with van der Waals surface area (Å²) in [4.78, 5) is 15.1. The predicted molar refractivity (Wildman–Crippen MR) is 125 cm³/mol. The van der Waals surface area contributed by atoms with Gasteiger partial charge in [0.05, 0.1) is 16.1 Å². The number of hydrogen-bond acceptors (Lipinski definition) is 4. The maximum absolute atomic E-state index is 13.1. The number of anilines is 2. The van der Waals surface area contributed by atoms with Crippen LogP contribution in [-0.2, 0) is 10.0 Å². The lowest BCUT2D eigenvalue weighted by Crippen LogP contribution is -2.34. The van der Waals surface area contributed by atoms with Crippen molar-refractivity contribution in [1.82, 2.24) is 5.32 Å². The first kappa shape index (κ1) is 22.4. The van der Waals surface area contributed by atoms with E-state index >= 15 is 0 Å². The fourth-order valence-corrected chi connectivity index (χ4v) is 4.40. The smallest absolute Gasteiger partial charge is 0.264 e. The third-order valence-corrected chi connectivity index (χ3v) is 6.88. The Morgan fingerprint density at radius 1 is 0.871 bits per heavy atom. The van der Waals surface area contributed by atoms with Crippen molar-refractivity contribution in [2.75, 3.05) is 36.4 Å². The average Bonchev–Trinajstić information content (AvgIpc) is 2.79.